The van der Waals surface area contributed by atoms with Gasteiger partial charge in [0.2, 0.25) is 0 Å². The van der Waals surface area contributed by atoms with Gasteiger partial charge in [0.05, 0.1) is 18.0 Å². The highest BCUT2D eigenvalue weighted by molar-refractivity contribution is 7.71. The molecule has 0 radical (unpaired) electrons. The van der Waals surface area contributed by atoms with E-state index in [0.29, 0.717) is 34.3 Å². The number of hydrogen-bond acceptors (Lipinski definition) is 4. The van der Waals surface area contributed by atoms with E-state index in [-0.39, 0.29) is 11.5 Å². The fraction of sp³-hybridized carbons (Fsp3) is 0.250. The molecule has 140 valence electrons. The van der Waals surface area contributed by atoms with Crippen molar-refractivity contribution in [2.24, 2.45) is 7.05 Å². The summed E-state index contributed by atoms with van der Waals surface area (Å²) in [4.78, 5) is 30.0. The SMILES string of the molecule is CCN(Cc1ccc(OC)cc1)C(=O)c1ccc2c(=O)n(C)c(=S)[nH]c2c1. The number of hydrogen-bond donors (Lipinski definition) is 1. The van der Waals surface area contributed by atoms with Gasteiger partial charge in [0.25, 0.3) is 11.5 Å². The highest BCUT2D eigenvalue weighted by atomic mass is 32.1. The molecule has 0 saturated carbocycles. The van der Waals surface area contributed by atoms with Crippen molar-refractivity contribution in [2.75, 3.05) is 13.7 Å². The van der Waals surface area contributed by atoms with Crippen LogP contribution in [0.3, 0.4) is 0 Å². The zero-order chi connectivity index (χ0) is 19.6. The molecule has 0 aliphatic rings. The Balaban J connectivity index is 1.91. The monoisotopic (exact) mass is 383 g/mol. The Labute approximate surface area is 162 Å². The van der Waals surface area contributed by atoms with Gasteiger partial charge in [0.1, 0.15) is 5.75 Å². The van der Waals surface area contributed by atoms with Crippen molar-refractivity contribution in [3.63, 3.8) is 0 Å². The van der Waals surface area contributed by atoms with Crippen molar-refractivity contribution in [3.05, 3.63) is 68.7 Å². The van der Waals surface area contributed by atoms with E-state index in [0.717, 1.165) is 11.3 Å². The Hall–Kier alpha value is -2.93. The number of aromatic amines is 1. The lowest BCUT2D eigenvalue weighted by molar-refractivity contribution is 0.0752. The summed E-state index contributed by atoms with van der Waals surface area (Å²) in [6, 6.07) is 12.7. The fourth-order valence-electron chi connectivity index (χ4n) is 2.90. The molecule has 0 unspecified atom stereocenters. The summed E-state index contributed by atoms with van der Waals surface area (Å²) in [5.41, 5.74) is 1.91. The summed E-state index contributed by atoms with van der Waals surface area (Å²) < 4.78 is 6.86. The Kier molecular flexibility index (Phi) is 5.41. The first-order valence-corrected chi connectivity index (χ1v) is 9.00. The number of ether oxygens (including phenoxy) is 1. The molecule has 0 bridgehead atoms. The van der Waals surface area contributed by atoms with Gasteiger partial charge in [-0.15, -0.1) is 0 Å². The van der Waals surface area contributed by atoms with Crippen LogP contribution in [0, 0.1) is 4.77 Å². The maximum absolute atomic E-state index is 13.0. The molecule has 27 heavy (non-hydrogen) atoms. The molecular weight excluding hydrogens is 362 g/mol. The first-order chi connectivity index (χ1) is 12.9. The number of nitrogens with zero attached hydrogens (tertiary/aromatic N) is 2. The molecule has 3 rings (SSSR count). The quantitative estimate of drug-likeness (QED) is 0.687. The lowest BCUT2D eigenvalue weighted by Crippen LogP contribution is -2.30. The predicted octanol–water partition coefficient (Wildman–Crippen LogP) is 3.27. The largest absolute Gasteiger partial charge is 0.497 e. The van der Waals surface area contributed by atoms with E-state index in [4.69, 9.17) is 17.0 Å². The molecule has 2 aromatic carbocycles. The van der Waals surface area contributed by atoms with Crippen molar-refractivity contribution in [1.29, 1.82) is 0 Å². The molecule has 0 atom stereocenters. The number of carbonyl (C=O) groups excluding carboxylic acids is 1. The zero-order valence-electron chi connectivity index (χ0n) is 15.5. The molecule has 1 aromatic heterocycles. The third-order valence-corrected chi connectivity index (χ3v) is 4.93. The van der Waals surface area contributed by atoms with E-state index >= 15 is 0 Å². The Morgan fingerprint density at radius 3 is 2.56 bits per heavy atom. The van der Waals surface area contributed by atoms with E-state index in [2.05, 4.69) is 4.98 Å². The lowest BCUT2D eigenvalue weighted by atomic mass is 10.1. The van der Waals surface area contributed by atoms with Gasteiger partial charge < -0.3 is 14.6 Å². The van der Waals surface area contributed by atoms with Crippen molar-refractivity contribution in [1.82, 2.24) is 14.5 Å². The molecule has 0 aliphatic heterocycles. The van der Waals surface area contributed by atoms with Crippen LogP contribution in [-0.4, -0.2) is 34.0 Å². The number of rotatable bonds is 5. The van der Waals surface area contributed by atoms with Crippen LogP contribution in [0.4, 0.5) is 0 Å². The second-order valence-electron chi connectivity index (χ2n) is 6.22. The third-order valence-electron chi connectivity index (χ3n) is 4.55. The fourth-order valence-corrected chi connectivity index (χ4v) is 3.09. The number of nitrogens with one attached hydrogen (secondary N) is 1. The second-order valence-corrected chi connectivity index (χ2v) is 6.61. The number of H-pyrrole nitrogens is 1. The summed E-state index contributed by atoms with van der Waals surface area (Å²) in [5.74, 6) is 0.676. The third kappa shape index (κ3) is 3.78. The normalized spacial score (nSPS) is 10.8. The van der Waals surface area contributed by atoms with Gasteiger partial charge in [0, 0.05) is 25.7 Å². The summed E-state index contributed by atoms with van der Waals surface area (Å²) in [6.45, 7) is 2.99. The van der Waals surface area contributed by atoms with Crippen LogP contribution in [0.25, 0.3) is 10.9 Å². The molecular formula is C20H21N3O3S. The first-order valence-electron chi connectivity index (χ1n) is 8.60. The van der Waals surface area contributed by atoms with Gasteiger partial charge >= 0.3 is 0 Å². The predicted molar refractivity (Wildman–Crippen MR) is 108 cm³/mol. The maximum Gasteiger partial charge on any atom is 0.261 e. The summed E-state index contributed by atoms with van der Waals surface area (Å²) in [7, 11) is 3.24. The van der Waals surface area contributed by atoms with Crippen molar-refractivity contribution >= 4 is 29.0 Å². The van der Waals surface area contributed by atoms with Crippen LogP contribution in [0.5, 0.6) is 5.75 Å². The number of benzene rings is 2. The Morgan fingerprint density at radius 1 is 1.22 bits per heavy atom. The van der Waals surface area contributed by atoms with Gasteiger partial charge in [-0.3, -0.25) is 14.2 Å². The van der Waals surface area contributed by atoms with E-state index in [1.165, 1.54) is 4.57 Å². The van der Waals surface area contributed by atoms with Crippen molar-refractivity contribution < 1.29 is 9.53 Å². The second kappa shape index (κ2) is 7.75. The minimum absolute atomic E-state index is 0.102. The van der Waals surface area contributed by atoms with Gasteiger partial charge in [-0.05, 0) is 55.0 Å². The standard InChI is InChI=1S/C20H21N3O3S/c1-4-23(12-13-5-8-15(26-3)9-6-13)18(24)14-7-10-16-17(11-14)21-20(27)22(2)19(16)25/h5-11H,4,12H2,1-3H3,(H,21,27). The highest BCUT2D eigenvalue weighted by Crippen LogP contribution is 2.16. The minimum Gasteiger partial charge on any atom is -0.497 e. The first kappa shape index (κ1) is 18.8. The van der Waals surface area contributed by atoms with Crippen LogP contribution in [0.2, 0.25) is 0 Å². The number of aromatic nitrogens is 2. The maximum atomic E-state index is 13.0. The van der Waals surface area contributed by atoms with Gasteiger partial charge in [-0.25, -0.2) is 0 Å². The van der Waals surface area contributed by atoms with E-state index in [1.54, 1.807) is 37.3 Å². The number of amides is 1. The Morgan fingerprint density at radius 2 is 1.93 bits per heavy atom. The molecule has 0 saturated heterocycles. The molecule has 6 nitrogen and oxygen atoms in total. The molecule has 1 heterocycles. The molecule has 7 heteroatoms. The lowest BCUT2D eigenvalue weighted by Gasteiger charge is -2.21. The van der Waals surface area contributed by atoms with E-state index in [1.807, 2.05) is 31.2 Å². The van der Waals surface area contributed by atoms with E-state index < -0.39 is 0 Å². The van der Waals surface area contributed by atoms with E-state index in [9.17, 15) is 9.59 Å². The van der Waals surface area contributed by atoms with Crippen LogP contribution in [-0.2, 0) is 13.6 Å². The smallest absolute Gasteiger partial charge is 0.261 e. The van der Waals surface area contributed by atoms with Crippen molar-refractivity contribution in [2.45, 2.75) is 13.5 Å². The van der Waals surface area contributed by atoms with Crippen LogP contribution < -0.4 is 10.3 Å². The van der Waals surface area contributed by atoms with Crippen molar-refractivity contribution in [3.8, 4) is 5.75 Å². The van der Waals surface area contributed by atoms with Crippen LogP contribution in [0.15, 0.2) is 47.3 Å². The van der Waals surface area contributed by atoms with Crippen LogP contribution in [0.1, 0.15) is 22.8 Å². The molecule has 0 fully saturated rings. The number of methoxy groups -OCH3 is 1. The zero-order valence-corrected chi connectivity index (χ0v) is 16.3. The van der Waals surface area contributed by atoms with Gasteiger partial charge in [-0.2, -0.15) is 0 Å². The molecule has 1 N–H and O–H groups in total. The summed E-state index contributed by atoms with van der Waals surface area (Å²) in [6.07, 6.45) is 0. The average Bonchev–Trinajstić information content (AvgIpc) is 2.70. The molecule has 0 spiro atoms. The minimum atomic E-state index is -0.182. The van der Waals surface area contributed by atoms with Gasteiger partial charge in [0.15, 0.2) is 4.77 Å². The number of fused-ring (bicyclic) bond motifs is 1. The molecule has 3 aromatic rings. The number of carbonyl (C=O) groups is 1. The average molecular weight is 383 g/mol. The molecule has 0 aliphatic carbocycles. The molecule has 1 amide bonds. The highest BCUT2D eigenvalue weighted by Gasteiger charge is 2.16. The summed E-state index contributed by atoms with van der Waals surface area (Å²) in [5, 5.41) is 0.501. The van der Waals surface area contributed by atoms with Crippen LogP contribution >= 0.6 is 12.2 Å². The Bertz CT molecular complexity index is 1100. The van der Waals surface area contributed by atoms with Gasteiger partial charge in [-0.1, -0.05) is 12.1 Å². The summed E-state index contributed by atoms with van der Waals surface area (Å²) >= 11 is 5.16. The topological polar surface area (TPSA) is 67.3 Å².